The number of nitrogens with two attached hydrogens (primary N) is 1. The number of nitrogens with one attached hydrogen (secondary N) is 2. The normalized spacial score (nSPS) is 9.89. The topological polar surface area (TPSA) is 104 Å². The van der Waals surface area contributed by atoms with Gasteiger partial charge in [-0.1, -0.05) is 12.1 Å². The van der Waals surface area contributed by atoms with Crippen LogP contribution in [0.3, 0.4) is 0 Å². The molecule has 2 amide bonds. The van der Waals surface area contributed by atoms with Crippen LogP contribution in [0.1, 0.15) is 22.3 Å². The molecule has 0 aliphatic rings. The third-order valence-electron chi connectivity index (χ3n) is 2.41. The third-order valence-corrected chi connectivity index (χ3v) is 2.41. The van der Waals surface area contributed by atoms with Gasteiger partial charge in [0.05, 0.1) is 11.3 Å². The molecule has 0 aliphatic heterocycles. The smallest absolute Gasteiger partial charge is 0.337 e. The summed E-state index contributed by atoms with van der Waals surface area (Å²) in [4.78, 5) is 22.6. The van der Waals surface area contributed by atoms with E-state index in [-0.39, 0.29) is 5.56 Å². The van der Waals surface area contributed by atoms with Gasteiger partial charge in [-0.15, -0.1) is 0 Å². The predicted octanol–water partition coefficient (Wildman–Crippen LogP) is 1.16. The van der Waals surface area contributed by atoms with Crippen LogP contribution in [0.5, 0.6) is 0 Å². The Labute approximate surface area is 105 Å². The molecule has 98 valence electrons. The summed E-state index contributed by atoms with van der Waals surface area (Å²) in [6, 6.07) is 4.39. The average molecular weight is 251 g/mol. The van der Waals surface area contributed by atoms with E-state index >= 15 is 0 Å². The number of urea groups is 1. The number of aromatic carboxylic acids is 1. The van der Waals surface area contributed by atoms with Gasteiger partial charge in [0.2, 0.25) is 0 Å². The lowest BCUT2D eigenvalue weighted by molar-refractivity contribution is 0.0698. The average Bonchev–Trinajstić information content (AvgIpc) is 2.31. The van der Waals surface area contributed by atoms with Gasteiger partial charge in [-0.25, -0.2) is 9.59 Å². The van der Waals surface area contributed by atoms with E-state index in [1.54, 1.807) is 19.1 Å². The summed E-state index contributed by atoms with van der Waals surface area (Å²) < 4.78 is 0. The lowest BCUT2D eigenvalue weighted by Gasteiger charge is -2.12. The standard InChI is InChI=1S/C12H17N3O3/c1-8-4-2-5-9(11(16)17)10(8)15-12(18)14-7-3-6-13/h2,4-5H,3,6-7,13H2,1H3,(H,16,17)(H2,14,15,18). The maximum absolute atomic E-state index is 11.6. The van der Waals surface area contributed by atoms with E-state index < -0.39 is 12.0 Å². The van der Waals surface area contributed by atoms with Gasteiger partial charge < -0.3 is 21.5 Å². The molecule has 1 rings (SSSR count). The van der Waals surface area contributed by atoms with E-state index in [2.05, 4.69) is 10.6 Å². The summed E-state index contributed by atoms with van der Waals surface area (Å²) in [5.74, 6) is -1.07. The van der Waals surface area contributed by atoms with E-state index in [1.807, 2.05) is 0 Å². The van der Waals surface area contributed by atoms with E-state index in [1.165, 1.54) is 6.07 Å². The van der Waals surface area contributed by atoms with Crippen LogP contribution in [0.15, 0.2) is 18.2 Å². The molecule has 6 nitrogen and oxygen atoms in total. The van der Waals surface area contributed by atoms with Crippen molar-refractivity contribution >= 4 is 17.7 Å². The van der Waals surface area contributed by atoms with Crippen molar-refractivity contribution in [2.45, 2.75) is 13.3 Å². The number of hydrogen-bond donors (Lipinski definition) is 4. The molecule has 1 aromatic rings. The van der Waals surface area contributed by atoms with Gasteiger partial charge in [-0.05, 0) is 31.5 Å². The van der Waals surface area contributed by atoms with Crippen molar-refractivity contribution in [3.05, 3.63) is 29.3 Å². The summed E-state index contributed by atoms with van der Waals surface area (Å²) in [6.07, 6.45) is 0.674. The molecule has 0 aromatic heterocycles. The Hall–Kier alpha value is -2.08. The van der Waals surface area contributed by atoms with Crippen LogP contribution in [0.2, 0.25) is 0 Å². The molecule has 0 atom stereocenters. The van der Waals surface area contributed by atoms with Gasteiger partial charge in [0.1, 0.15) is 0 Å². The summed E-state index contributed by atoms with van der Waals surface area (Å²) in [5.41, 5.74) is 6.39. The highest BCUT2D eigenvalue weighted by atomic mass is 16.4. The van der Waals surface area contributed by atoms with Crippen molar-refractivity contribution in [3.8, 4) is 0 Å². The number of amides is 2. The second-order valence-electron chi connectivity index (χ2n) is 3.83. The molecular formula is C12H17N3O3. The van der Waals surface area contributed by atoms with Crippen LogP contribution in [0.25, 0.3) is 0 Å². The molecular weight excluding hydrogens is 234 g/mol. The number of hydrogen-bond acceptors (Lipinski definition) is 3. The number of anilines is 1. The number of aryl methyl sites for hydroxylation is 1. The molecule has 0 saturated heterocycles. The molecule has 0 spiro atoms. The Morgan fingerprint density at radius 1 is 1.39 bits per heavy atom. The van der Waals surface area contributed by atoms with Crippen LogP contribution in [0.4, 0.5) is 10.5 Å². The Bertz CT molecular complexity index is 446. The fraction of sp³-hybridized carbons (Fsp3) is 0.333. The van der Waals surface area contributed by atoms with Gasteiger partial charge in [0.15, 0.2) is 0 Å². The molecule has 0 aliphatic carbocycles. The number of carbonyl (C=O) groups is 2. The zero-order valence-corrected chi connectivity index (χ0v) is 10.2. The van der Waals surface area contributed by atoms with Crippen LogP contribution < -0.4 is 16.4 Å². The molecule has 5 N–H and O–H groups in total. The van der Waals surface area contributed by atoms with Crippen molar-refractivity contribution in [3.63, 3.8) is 0 Å². The van der Waals surface area contributed by atoms with E-state index in [0.29, 0.717) is 30.8 Å². The number of carboxylic acids is 1. The first kappa shape index (κ1) is 14.0. The fourth-order valence-electron chi connectivity index (χ4n) is 1.47. The maximum atomic E-state index is 11.6. The second-order valence-corrected chi connectivity index (χ2v) is 3.83. The Morgan fingerprint density at radius 2 is 2.11 bits per heavy atom. The van der Waals surface area contributed by atoms with Crippen molar-refractivity contribution < 1.29 is 14.7 Å². The van der Waals surface area contributed by atoms with Crippen LogP contribution in [-0.2, 0) is 0 Å². The zero-order chi connectivity index (χ0) is 13.5. The lowest BCUT2D eigenvalue weighted by atomic mass is 10.1. The van der Waals surface area contributed by atoms with Gasteiger partial charge in [0.25, 0.3) is 0 Å². The lowest BCUT2D eigenvalue weighted by Crippen LogP contribution is -2.31. The molecule has 6 heteroatoms. The highest BCUT2D eigenvalue weighted by Crippen LogP contribution is 2.20. The van der Waals surface area contributed by atoms with Gasteiger partial charge in [-0.3, -0.25) is 0 Å². The van der Waals surface area contributed by atoms with Crippen LogP contribution >= 0.6 is 0 Å². The van der Waals surface area contributed by atoms with Crippen molar-refractivity contribution in [2.75, 3.05) is 18.4 Å². The molecule has 0 bridgehead atoms. The summed E-state index contributed by atoms with van der Waals surface area (Å²) in [5, 5.41) is 14.2. The van der Waals surface area contributed by atoms with Crippen molar-refractivity contribution in [2.24, 2.45) is 5.73 Å². The van der Waals surface area contributed by atoms with Crippen LogP contribution in [-0.4, -0.2) is 30.2 Å². The first-order valence-electron chi connectivity index (χ1n) is 5.64. The largest absolute Gasteiger partial charge is 0.478 e. The molecule has 18 heavy (non-hydrogen) atoms. The number of carboxylic acid groups (broad SMARTS) is 1. The SMILES string of the molecule is Cc1cccc(C(=O)O)c1NC(=O)NCCCN. The summed E-state index contributed by atoms with van der Waals surface area (Å²) in [7, 11) is 0. The van der Waals surface area contributed by atoms with Crippen molar-refractivity contribution in [1.29, 1.82) is 0 Å². The first-order chi connectivity index (χ1) is 8.56. The first-order valence-corrected chi connectivity index (χ1v) is 5.64. The molecule has 0 saturated carbocycles. The number of rotatable bonds is 5. The molecule has 0 unspecified atom stereocenters. The Morgan fingerprint density at radius 3 is 2.72 bits per heavy atom. The minimum absolute atomic E-state index is 0.0731. The van der Waals surface area contributed by atoms with Crippen molar-refractivity contribution in [1.82, 2.24) is 5.32 Å². The highest BCUT2D eigenvalue weighted by molar-refractivity contribution is 6.00. The maximum Gasteiger partial charge on any atom is 0.337 e. The summed E-state index contributed by atoms with van der Waals surface area (Å²) in [6.45, 7) is 2.68. The molecule has 0 fully saturated rings. The minimum atomic E-state index is -1.07. The third kappa shape index (κ3) is 3.74. The Kier molecular flexibility index (Phi) is 5.13. The minimum Gasteiger partial charge on any atom is -0.478 e. The highest BCUT2D eigenvalue weighted by Gasteiger charge is 2.13. The number of para-hydroxylation sites is 1. The van der Waals surface area contributed by atoms with Gasteiger partial charge in [-0.2, -0.15) is 0 Å². The molecule has 0 heterocycles. The number of benzene rings is 1. The zero-order valence-electron chi connectivity index (χ0n) is 10.2. The van der Waals surface area contributed by atoms with E-state index in [4.69, 9.17) is 10.8 Å². The quantitative estimate of drug-likeness (QED) is 0.589. The van der Waals surface area contributed by atoms with Crippen LogP contribution in [0, 0.1) is 6.92 Å². The van der Waals surface area contributed by atoms with Gasteiger partial charge >= 0.3 is 12.0 Å². The van der Waals surface area contributed by atoms with E-state index in [9.17, 15) is 9.59 Å². The van der Waals surface area contributed by atoms with Gasteiger partial charge in [0, 0.05) is 6.54 Å². The number of carbonyl (C=O) groups excluding carboxylic acids is 1. The Balaban J connectivity index is 2.77. The summed E-state index contributed by atoms with van der Waals surface area (Å²) >= 11 is 0. The fourth-order valence-corrected chi connectivity index (χ4v) is 1.47. The monoisotopic (exact) mass is 251 g/mol. The molecule has 0 radical (unpaired) electrons. The predicted molar refractivity (Wildman–Crippen MR) is 68.8 cm³/mol. The van der Waals surface area contributed by atoms with E-state index in [0.717, 1.165) is 0 Å². The molecule has 1 aromatic carbocycles. The second kappa shape index (κ2) is 6.61.